The second kappa shape index (κ2) is 12.6. The van der Waals surface area contributed by atoms with Gasteiger partial charge in [0.1, 0.15) is 23.0 Å². The first-order chi connectivity index (χ1) is 19.4. The highest BCUT2D eigenvalue weighted by Crippen LogP contribution is 2.44. The van der Waals surface area contributed by atoms with Gasteiger partial charge in [-0.1, -0.05) is 12.1 Å². The molecule has 1 N–H and O–H groups in total. The third-order valence-electron chi connectivity index (χ3n) is 6.95. The van der Waals surface area contributed by atoms with Gasteiger partial charge in [-0.15, -0.1) is 0 Å². The Bertz CT molecular complexity index is 1380. The summed E-state index contributed by atoms with van der Waals surface area (Å²) >= 11 is 0. The minimum absolute atomic E-state index is 0.0125. The number of amides is 1. The number of anilines is 2. The second-order valence-corrected chi connectivity index (χ2v) is 9.15. The molecular weight excluding hydrogens is 508 g/mol. The Morgan fingerprint density at radius 1 is 0.850 bits per heavy atom. The molecule has 1 heterocycles. The normalized spacial score (nSPS) is 16.2. The number of hydrogen-bond donors (Lipinski definition) is 1. The van der Waals surface area contributed by atoms with Gasteiger partial charge in [0.2, 0.25) is 0 Å². The molecule has 8 nitrogen and oxygen atoms in total. The Hall–Kier alpha value is -4.46. The van der Waals surface area contributed by atoms with Gasteiger partial charge >= 0.3 is 0 Å². The summed E-state index contributed by atoms with van der Waals surface area (Å²) in [4.78, 5) is 30.8. The van der Waals surface area contributed by atoms with Crippen LogP contribution in [0.3, 0.4) is 0 Å². The molecule has 0 aliphatic carbocycles. The lowest BCUT2D eigenvalue weighted by molar-refractivity contribution is -0.132. The van der Waals surface area contributed by atoms with E-state index in [0.717, 1.165) is 18.8 Å². The number of aliphatic hydroxyl groups excluding tert-OH is 1. The lowest BCUT2D eigenvalue weighted by atomic mass is 9.94. The smallest absolute Gasteiger partial charge is 0.300 e. The number of benzene rings is 3. The molecule has 210 valence electrons. The number of Topliss-reactive ketones (excluding diaryl/α,β-unsaturated/α-hetero) is 1. The maximum atomic E-state index is 13.6. The number of ether oxygens (including phenoxy) is 3. The molecule has 3 aromatic rings. The number of carbonyl (C=O) groups excluding carboxylic acids is 2. The van der Waals surface area contributed by atoms with Crippen molar-refractivity contribution in [3.63, 3.8) is 0 Å². The summed E-state index contributed by atoms with van der Waals surface area (Å²) in [7, 11) is 1.56. The quantitative estimate of drug-likeness (QED) is 0.181. The molecule has 8 heteroatoms. The molecule has 40 heavy (non-hydrogen) atoms. The molecule has 1 saturated heterocycles. The third-order valence-corrected chi connectivity index (χ3v) is 6.95. The second-order valence-electron chi connectivity index (χ2n) is 9.15. The van der Waals surface area contributed by atoms with E-state index in [4.69, 9.17) is 14.2 Å². The van der Waals surface area contributed by atoms with Crippen LogP contribution in [0.2, 0.25) is 0 Å². The van der Waals surface area contributed by atoms with Crippen LogP contribution in [0.5, 0.6) is 17.2 Å². The number of aliphatic hydroxyl groups is 1. The predicted molar refractivity (Wildman–Crippen MR) is 157 cm³/mol. The van der Waals surface area contributed by atoms with Crippen LogP contribution in [0.4, 0.5) is 11.4 Å². The average Bonchev–Trinajstić information content (AvgIpc) is 3.24. The van der Waals surface area contributed by atoms with E-state index in [0.29, 0.717) is 47.3 Å². The highest BCUT2D eigenvalue weighted by molar-refractivity contribution is 6.51. The molecule has 0 radical (unpaired) electrons. The van der Waals surface area contributed by atoms with Crippen molar-refractivity contribution < 1.29 is 28.9 Å². The maximum Gasteiger partial charge on any atom is 0.300 e. The fraction of sp³-hybridized carbons (Fsp3) is 0.312. The van der Waals surface area contributed by atoms with Gasteiger partial charge in [0.15, 0.2) is 0 Å². The van der Waals surface area contributed by atoms with Gasteiger partial charge in [0, 0.05) is 30.5 Å². The number of nitrogens with zero attached hydrogens (tertiary/aromatic N) is 2. The highest BCUT2D eigenvalue weighted by atomic mass is 16.5. The molecule has 4 rings (SSSR count). The standard InChI is InChI=1S/C32H36N2O6/c1-6-33(7-2)22-12-10-21(11-13-22)29-28(30(35)26-19-18-25(39-8-3)20-27(26)40-9-4)31(36)32(37)34(29)23-14-16-24(38-5)17-15-23/h10-20,29,35H,6-9H2,1-5H3/b30-28-. The summed E-state index contributed by atoms with van der Waals surface area (Å²) in [5.41, 5.74) is 2.53. The monoisotopic (exact) mass is 544 g/mol. The summed E-state index contributed by atoms with van der Waals surface area (Å²) < 4.78 is 16.7. The van der Waals surface area contributed by atoms with Gasteiger partial charge in [-0.25, -0.2) is 0 Å². The van der Waals surface area contributed by atoms with Gasteiger partial charge in [-0.2, -0.15) is 0 Å². The minimum Gasteiger partial charge on any atom is -0.507 e. The van der Waals surface area contributed by atoms with Crippen LogP contribution in [-0.4, -0.2) is 50.2 Å². The Morgan fingerprint density at radius 2 is 1.48 bits per heavy atom. The molecule has 0 spiro atoms. The highest BCUT2D eigenvalue weighted by Gasteiger charge is 2.47. The summed E-state index contributed by atoms with van der Waals surface area (Å²) in [6.07, 6.45) is 0. The van der Waals surface area contributed by atoms with Gasteiger partial charge in [-0.3, -0.25) is 14.5 Å². The zero-order valence-corrected chi connectivity index (χ0v) is 23.6. The molecular formula is C32H36N2O6. The van der Waals surface area contributed by atoms with E-state index in [9.17, 15) is 14.7 Å². The predicted octanol–water partition coefficient (Wildman–Crippen LogP) is 5.97. The summed E-state index contributed by atoms with van der Waals surface area (Å²) in [6.45, 7) is 10.4. The van der Waals surface area contributed by atoms with Crippen molar-refractivity contribution in [1.82, 2.24) is 0 Å². The first-order valence-corrected chi connectivity index (χ1v) is 13.6. The molecule has 1 aliphatic rings. The molecule has 0 bridgehead atoms. The van der Waals surface area contributed by atoms with E-state index in [2.05, 4.69) is 18.7 Å². The largest absolute Gasteiger partial charge is 0.507 e. The van der Waals surface area contributed by atoms with Crippen LogP contribution in [0, 0.1) is 0 Å². The molecule has 0 saturated carbocycles. The SMILES string of the molecule is CCOc1ccc(/C(O)=C2/C(=O)C(=O)N(c3ccc(OC)cc3)C2c2ccc(N(CC)CC)cc2)c(OCC)c1. The Balaban J connectivity index is 1.91. The van der Waals surface area contributed by atoms with Crippen molar-refractivity contribution in [3.05, 3.63) is 83.4 Å². The van der Waals surface area contributed by atoms with Crippen molar-refractivity contribution in [2.75, 3.05) is 43.2 Å². The Morgan fingerprint density at radius 3 is 2.05 bits per heavy atom. The van der Waals surface area contributed by atoms with Crippen LogP contribution in [0.25, 0.3) is 5.76 Å². The molecule has 1 atom stereocenters. The van der Waals surface area contributed by atoms with Crippen molar-refractivity contribution in [1.29, 1.82) is 0 Å². The van der Waals surface area contributed by atoms with Crippen molar-refractivity contribution in [2.45, 2.75) is 33.7 Å². The van der Waals surface area contributed by atoms with Crippen LogP contribution in [0.15, 0.2) is 72.3 Å². The van der Waals surface area contributed by atoms with E-state index in [1.54, 1.807) is 49.6 Å². The molecule has 1 fully saturated rings. The maximum absolute atomic E-state index is 13.6. The van der Waals surface area contributed by atoms with Gasteiger partial charge in [0.05, 0.1) is 37.5 Å². The fourth-order valence-electron chi connectivity index (χ4n) is 4.99. The van der Waals surface area contributed by atoms with E-state index in [-0.39, 0.29) is 11.3 Å². The number of carbonyl (C=O) groups is 2. The van der Waals surface area contributed by atoms with Crippen molar-refractivity contribution in [3.8, 4) is 17.2 Å². The van der Waals surface area contributed by atoms with Crippen LogP contribution in [-0.2, 0) is 9.59 Å². The van der Waals surface area contributed by atoms with Crippen LogP contribution in [0.1, 0.15) is 44.9 Å². The lowest BCUT2D eigenvalue weighted by Crippen LogP contribution is -2.29. The zero-order chi connectivity index (χ0) is 28.8. The van der Waals surface area contributed by atoms with Crippen LogP contribution >= 0.6 is 0 Å². The Labute approximate surface area is 235 Å². The van der Waals surface area contributed by atoms with Gasteiger partial charge in [0.25, 0.3) is 11.7 Å². The van der Waals surface area contributed by atoms with Crippen molar-refractivity contribution >= 4 is 28.8 Å². The average molecular weight is 545 g/mol. The number of methoxy groups -OCH3 is 1. The number of ketones is 1. The zero-order valence-electron chi connectivity index (χ0n) is 23.6. The van der Waals surface area contributed by atoms with Crippen LogP contribution < -0.4 is 24.0 Å². The topological polar surface area (TPSA) is 88.5 Å². The first kappa shape index (κ1) is 28.5. The number of rotatable bonds is 11. The molecule has 3 aromatic carbocycles. The molecule has 1 aliphatic heterocycles. The van der Waals surface area contributed by atoms with Gasteiger partial charge in [-0.05, 0) is 81.8 Å². The molecule has 0 aromatic heterocycles. The summed E-state index contributed by atoms with van der Waals surface area (Å²) in [5, 5.41) is 11.7. The van der Waals surface area contributed by atoms with E-state index in [1.165, 1.54) is 4.90 Å². The summed E-state index contributed by atoms with van der Waals surface area (Å²) in [5.74, 6) is -0.257. The molecule has 1 amide bonds. The van der Waals surface area contributed by atoms with E-state index < -0.39 is 17.7 Å². The van der Waals surface area contributed by atoms with Gasteiger partial charge < -0.3 is 24.2 Å². The minimum atomic E-state index is -0.861. The first-order valence-electron chi connectivity index (χ1n) is 13.6. The fourth-order valence-corrected chi connectivity index (χ4v) is 4.99. The number of hydrogen-bond acceptors (Lipinski definition) is 7. The summed E-state index contributed by atoms with van der Waals surface area (Å²) in [6, 6.07) is 18.8. The molecule has 1 unspecified atom stereocenters. The van der Waals surface area contributed by atoms with E-state index >= 15 is 0 Å². The Kier molecular flexibility index (Phi) is 8.99. The lowest BCUT2D eigenvalue weighted by Gasteiger charge is -2.27. The van der Waals surface area contributed by atoms with Crippen molar-refractivity contribution in [2.24, 2.45) is 0 Å². The third kappa shape index (κ3) is 5.47. The van der Waals surface area contributed by atoms with E-state index in [1.807, 2.05) is 38.1 Å².